The fourth-order valence-electron chi connectivity index (χ4n) is 4.26. The largest absolute Gasteiger partial charge is 0.494 e. The van der Waals surface area contributed by atoms with Crippen LogP contribution in [-0.4, -0.2) is 6.61 Å². The van der Waals surface area contributed by atoms with E-state index in [-0.39, 0.29) is 0 Å². The Morgan fingerprint density at radius 2 is 1.50 bits per heavy atom. The highest BCUT2D eigenvalue weighted by molar-refractivity contribution is 5.38. The topological polar surface area (TPSA) is 9.23 Å². The summed E-state index contributed by atoms with van der Waals surface area (Å²) < 4.78 is 5.73. The molecule has 0 spiro atoms. The second-order valence-electron chi connectivity index (χ2n) is 8.74. The summed E-state index contributed by atoms with van der Waals surface area (Å²) >= 11 is 0. The summed E-state index contributed by atoms with van der Waals surface area (Å²) in [5.74, 6) is 9.12. The first-order valence-electron chi connectivity index (χ1n) is 12.1. The first-order valence-corrected chi connectivity index (χ1v) is 12.1. The van der Waals surface area contributed by atoms with E-state index in [0.717, 1.165) is 30.8 Å². The number of unbranched alkanes of at least 4 members (excludes halogenated alkanes) is 3. The van der Waals surface area contributed by atoms with Crippen LogP contribution in [-0.2, 0) is 6.42 Å². The van der Waals surface area contributed by atoms with Crippen molar-refractivity contribution >= 4 is 0 Å². The molecular formula is C29H38O. The normalized spacial score (nSPS) is 18.5. The van der Waals surface area contributed by atoms with Crippen LogP contribution in [0.15, 0.2) is 48.5 Å². The van der Waals surface area contributed by atoms with Crippen LogP contribution in [0.4, 0.5) is 0 Å². The Hall–Kier alpha value is -2.20. The Balaban J connectivity index is 1.44. The second kappa shape index (κ2) is 12.5. The van der Waals surface area contributed by atoms with E-state index < -0.39 is 0 Å². The molecule has 3 rings (SSSR count). The molecule has 0 N–H and O–H groups in total. The van der Waals surface area contributed by atoms with Crippen LogP contribution in [0.2, 0.25) is 0 Å². The molecule has 0 bridgehead atoms. The molecular weight excluding hydrogens is 364 g/mol. The van der Waals surface area contributed by atoms with E-state index in [1.54, 1.807) is 0 Å². The van der Waals surface area contributed by atoms with Gasteiger partial charge in [-0.25, -0.2) is 0 Å². The molecule has 1 fully saturated rings. The van der Waals surface area contributed by atoms with Crippen molar-refractivity contribution in [3.05, 3.63) is 65.2 Å². The highest BCUT2D eigenvalue weighted by atomic mass is 16.5. The lowest BCUT2D eigenvalue weighted by atomic mass is 9.78. The van der Waals surface area contributed by atoms with Gasteiger partial charge in [-0.1, -0.05) is 69.2 Å². The third kappa shape index (κ3) is 7.24. The zero-order chi connectivity index (χ0) is 21.0. The highest BCUT2D eigenvalue weighted by Gasteiger charge is 2.21. The number of ether oxygens (including phenoxy) is 1. The third-order valence-corrected chi connectivity index (χ3v) is 6.29. The van der Waals surface area contributed by atoms with Crippen molar-refractivity contribution in [2.45, 2.75) is 84.0 Å². The minimum atomic E-state index is 0.537. The lowest BCUT2D eigenvalue weighted by Gasteiger charge is -2.26. The molecule has 1 saturated carbocycles. The molecule has 0 unspecified atom stereocenters. The molecule has 0 aliphatic heterocycles. The van der Waals surface area contributed by atoms with Crippen molar-refractivity contribution in [3.8, 4) is 17.6 Å². The van der Waals surface area contributed by atoms with Crippen molar-refractivity contribution in [1.29, 1.82) is 0 Å². The predicted octanol–water partition coefficient (Wildman–Crippen LogP) is 7.92. The fraction of sp³-hybridized carbons (Fsp3) is 0.517. The molecule has 1 aliphatic carbocycles. The van der Waals surface area contributed by atoms with E-state index >= 15 is 0 Å². The summed E-state index contributed by atoms with van der Waals surface area (Å²) in [5, 5.41) is 0. The molecule has 30 heavy (non-hydrogen) atoms. The average molecular weight is 403 g/mol. The van der Waals surface area contributed by atoms with E-state index in [9.17, 15) is 0 Å². The highest BCUT2D eigenvalue weighted by Crippen LogP contribution is 2.35. The standard InChI is InChI=1S/C29H38O/c1-3-5-7-8-24-11-17-27(18-12-24)28-19-13-25(14-20-28)9-10-26-15-21-29(22-16-26)30-23-6-4-2/h11-12,15-18,21-22,25,28H,3-8,13-14,19-20,23H2,1-2H3. The molecule has 0 radical (unpaired) electrons. The molecule has 0 atom stereocenters. The quantitative estimate of drug-likeness (QED) is 0.306. The molecule has 0 amide bonds. The summed E-state index contributed by atoms with van der Waals surface area (Å²) in [6, 6.07) is 17.7. The number of benzene rings is 2. The van der Waals surface area contributed by atoms with Gasteiger partial charge in [0.2, 0.25) is 0 Å². The van der Waals surface area contributed by atoms with Gasteiger partial charge in [0.25, 0.3) is 0 Å². The van der Waals surface area contributed by atoms with Crippen LogP contribution in [0, 0.1) is 17.8 Å². The lowest BCUT2D eigenvalue weighted by Crippen LogP contribution is -2.12. The summed E-state index contributed by atoms with van der Waals surface area (Å²) in [6.45, 7) is 5.25. The first-order chi connectivity index (χ1) is 14.8. The molecule has 1 nitrogen and oxygen atoms in total. The van der Waals surface area contributed by atoms with Crippen LogP contribution in [0.3, 0.4) is 0 Å². The average Bonchev–Trinajstić information content (AvgIpc) is 2.80. The van der Waals surface area contributed by atoms with Gasteiger partial charge in [0.15, 0.2) is 0 Å². The molecule has 2 aromatic carbocycles. The van der Waals surface area contributed by atoms with E-state index in [4.69, 9.17) is 4.74 Å². The van der Waals surface area contributed by atoms with Gasteiger partial charge in [-0.3, -0.25) is 0 Å². The maximum absolute atomic E-state index is 5.73. The van der Waals surface area contributed by atoms with Gasteiger partial charge in [0, 0.05) is 11.5 Å². The van der Waals surface area contributed by atoms with Crippen molar-refractivity contribution in [3.63, 3.8) is 0 Å². The van der Waals surface area contributed by atoms with Crippen molar-refractivity contribution in [2.24, 2.45) is 5.92 Å². The van der Waals surface area contributed by atoms with Crippen molar-refractivity contribution < 1.29 is 4.74 Å². The van der Waals surface area contributed by atoms with Gasteiger partial charge in [-0.05, 0) is 86.3 Å². The Labute approximate surface area is 184 Å². The Morgan fingerprint density at radius 1 is 0.800 bits per heavy atom. The summed E-state index contributed by atoms with van der Waals surface area (Å²) in [6.07, 6.45) is 12.4. The number of rotatable bonds is 9. The summed E-state index contributed by atoms with van der Waals surface area (Å²) in [5.41, 5.74) is 4.12. The third-order valence-electron chi connectivity index (χ3n) is 6.29. The van der Waals surface area contributed by atoms with Crippen LogP contribution in [0.1, 0.15) is 94.2 Å². The van der Waals surface area contributed by atoms with E-state index in [1.807, 2.05) is 12.1 Å². The zero-order valence-electron chi connectivity index (χ0n) is 19.0. The van der Waals surface area contributed by atoms with Gasteiger partial charge < -0.3 is 4.74 Å². The fourth-order valence-corrected chi connectivity index (χ4v) is 4.26. The maximum atomic E-state index is 5.73. The van der Waals surface area contributed by atoms with Crippen LogP contribution >= 0.6 is 0 Å². The number of aryl methyl sites for hydroxylation is 1. The van der Waals surface area contributed by atoms with Crippen LogP contribution in [0.5, 0.6) is 5.75 Å². The first kappa shape index (κ1) is 22.5. The van der Waals surface area contributed by atoms with Crippen LogP contribution in [0.25, 0.3) is 0 Å². The van der Waals surface area contributed by atoms with Gasteiger partial charge in [-0.15, -0.1) is 0 Å². The molecule has 0 aromatic heterocycles. The summed E-state index contributed by atoms with van der Waals surface area (Å²) in [4.78, 5) is 0. The monoisotopic (exact) mass is 402 g/mol. The van der Waals surface area contributed by atoms with E-state index in [2.05, 4.69) is 62.1 Å². The molecule has 1 aliphatic rings. The van der Waals surface area contributed by atoms with Gasteiger partial charge in [-0.2, -0.15) is 0 Å². The Morgan fingerprint density at radius 3 is 2.17 bits per heavy atom. The Kier molecular flexibility index (Phi) is 9.36. The maximum Gasteiger partial charge on any atom is 0.119 e. The van der Waals surface area contributed by atoms with Gasteiger partial charge in [0.1, 0.15) is 5.75 Å². The lowest BCUT2D eigenvalue weighted by molar-refractivity contribution is 0.309. The SMILES string of the molecule is CCCCCc1ccc(C2CCC(C#Cc3ccc(OCCCC)cc3)CC2)cc1. The predicted molar refractivity (Wildman–Crippen MR) is 128 cm³/mol. The van der Waals surface area contributed by atoms with Gasteiger partial charge in [0.05, 0.1) is 6.61 Å². The molecule has 0 saturated heterocycles. The van der Waals surface area contributed by atoms with Gasteiger partial charge >= 0.3 is 0 Å². The zero-order valence-corrected chi connectivity index (χ0v) is 19.0. The summed E-state index contributed by atoms with van der Waals surface area (Å²) in [7, 11) is 0. The smallest absolute Gasteiger partial charge is 0.119 e. The Bertz CT molecular complexity index is 783. The van der Waals surface area contributed by atoms with E-state index in [1.165, 1.54) is 62.5 Å². The number of hydrogen-bond acceptors (Lipinski definition) is 1. The molecule has 1 heteroatoms. The minimum Gasteiger partial charge on any atom is -0.494 e. The van der Waals surface area contributed by atoms with E-state index in [0.29, 0.717) is 11.8 Å². The molecule has 160 valence electrons. The molecule has 0 heterocycles. The minimum absolute atomic E-state index is 0.537. The van der Waals surface area contributed by atoms with Crippen LogP contribution < -0.4 is 4.74 Å². The molecule has 2 aromatic rings. The van der Waals surface area contributed by atoms with Crippen molar-refractivity contribution in [2.75, 3.05) is 6.61 Å². The number of hydrogen-bond donors (Lipinski definition) is 0. The van der Waals surface area contributed by atoms with Crippen molar-refractivity contribution in [1.82, 2.24) is 0 Å². The second-order valence-corrected chi connectivity index (χ2v) is 8.74.